The van der Waals surface area contributed by atoms with E-state index in [4.69, 9.17) is 28.1 Å². The van der Waals surface area contributed by atoms with E-state index in [1.807, 2.05) is 53.7 Å². The normalized spacial score (nSPS) is 21.5. The monoisotopic (exact) mass is 618 g/mol. The van der Waals surface area contributed by atoms with Gasteiger partial charge in [-0.1, -0.05) is 45.4 Å². The van der Waals surface area contributed by atoms with Crippen LogP contribution in [0.15, 0.2) is 23.3 Å². The molecule has 8 nitrogen and oxygen atoms in total. The second kappa shape index (κ2) is 12.6. The van der Waals surface area contributed by atoms with Gasteiger partial charge in [0.2, 0.25) is 0 Å². The molecular formula is C34H54O8Si. The summed E-state index contributed by atoms with van der Waals surface area (Å²) in [6, 6.07) is 4.04. The van der Waals surface area contributed by atoms with Gasteiger partial charge >= 0.3 is 11.9 Å². The molecule has 0 saturated carbocycles. The predicted octanol–water partition coefficient (Wildman–Crippen LogP) is 7.45. The van der Waals surface area contributed by atoms with Gasteiger partial charge in [-0.2, -0.15) is 0 Å². The van der Waals surface area contributed by atoms with Gasteiger partial charge in [-0.05, 0) is 63.9 Å². The summed E-state index contributed by atoms with van der Waals surface area (Å²) >= 11 is 0. The molecule has 1 heterocycles. The van der Waals surface area contributed by atoms with Crippen LogP contribution in [0.2, 0.25) is 18.1 Å². The molecule has 1 fully saturated rings. The number of hydrogen-bond donors (Lipinski definition) is 0. The molecule has 0 amide bonds. The molecular weight excluding hydrogens is 564 g/mol. The number of ether oxygens (including phenoxy) is 5. The molecule has 1 aliphatic heterocycles. The van der Waals surface area contributed by atoms with E-state index in [1.165, 1.54) is 6.92 Å². The molecule has 242 valence electrons. The molecule has 2 aliphatic rings. The van der Waals surface area contributed by atoms with Crippen molar-refractivity contribution in [1.29, 1.82) is 0 Å². The Balaban J connectivity index is 2.13. The van der Waals surface area contributed by atoms with Gasteiger partial charge in [-0.15, -0.1) is 0 Å². The van der Waals surface area contributed by atoms with Crippen molar-refractivity contribution in [3.05, 3.63) is 34.4 Å². The lowest BCUT2D eigenvalue weighted by Crippen LogP contribution is -2.47. The molecule has 0 radical (unpaired) electrons. The Labute approximate surface area is 259 Å². The molecule has 0 N–H and O–H groups in total. The van der Waals surface area contributed by atoms with Crippen LogP contribution in [0.25, 0.3) is 0 Å². The van der Waals surface area contributed by atoms with Crippen LogP contribution in [0.5, 0.6) is 11.5 Å². The number of carbonyl (C=O) groups is 2. The number of hydrogen-bond acceptors (Lipinski definition) is 8. The average Bonchev–Trinajstić information content (AvgIpc) is 3.24. The highest BCUT2D eigenvalue weighted by Crippen LogP contribution is 2.53. The number of methoxy groups -OCH3 is 1. The fourth-order valence-electron chi connectivity index (χ4n) is 6.21. The number of esters is 2. The first-order valence-electron chi connectivity index (χ1n) is 15.3. The van der Waals surface area contributed by atoms with E-state index in [2.05, 4.69) is 33.9 Å². The van der Waals surface area contributed by atoms with E-state index in [0.717, 1.165) is 28.0 Å². The molecule has 1 saturated heterocycles. The van der Waals surface area contributed by atoms with E-state index in [1.54, 1.807) is 7.11 Å². The van der Waals surface area contributed by atoms with Gasteiger partial charge < -0.3 is 28.1 Å². The predicted molar refractivity (Wildman–Crippen MR) is 170 cm³/mol. The first-order valence-corrected chi connectivity index (χ1v) is 18.3. The maximum absolute atomic E-state index is 13.3. The average molecular weight is 619 g/mol. The summed E-state index contributed by atoms with van der Waals surface area (Å²) in [5, 5.41) is -0.00539. The van der Waals surface area contributed by atoms with Crippen molar-refractivity contribution >= 4 is 20.3 Å². The first kappa shape index (κ1) is 35.1. The summed E-state index contributed by atoms with van der Waals surface area (Å²) < 4.78 is 37.0. The van der Waals surface area contributed by atoms with E-state index < -0.39 is 37.2 Å². The maximum atomic E-state index is 13.3. The first-order chi connectivity index (χ1) is 19.6. The van der Waals surface area contributed by atoms with Crippen LogP contribution in [-0.4, -0.2) is 58.1 Å². The maximum Gasteiger partial charge on any atom is 0.307 e. The van der Waals surface area contributed by atoms with Gasteiger partial charge in [-0.3, -0.25) is 9.59 Å². The van der Waals surface area contributed by atoms with E-state index >= 15 is 0 Å². The van der Waals surface area contributed by atoms with Gasteiger partial charge in [0.25, 0.3) is 8.32 Å². The van der Waals surface area contributed by atoms with Crippen molar-refractivity contribution < 1.29 is 37.7 Å². The lowest BCUT2D eigenvalue weighted by atomic mass is 9.64. The highest BCUT2D eigenvalue weighted by Gasteiger charge is 2.52. The van der Waals surface area contributed by atoms with Crippen LogP contribution in [0.3, 0.4) is 0 Å². The van der Waals surface area contributed by atoms with Crippen LogP contribution >= 0.6 is 0 Å². The second-order valence-electron chi connectivity index (χ2n) is 15.0. The number of benzene rings is 1. The van der Waals surface area contributed by atoms with Crippen molar-refractivity contribution in [2.75, 3.05) is 20.3 Å². The lowest BCUT2D eigenvalue weighted by Gasteiger charge is -2.47. The molecule has 1 aromatic carbocycles. The lowest BCUT2D eigenvalue weighted by molar-refractivity contribution is -0.187. The Morgan fingerprint density at radius 1 is 1.02 bits per heavy atom. The van der Waals surface area contributed by atoms with Crippen molar-refractivity contribution in [2.45, 2.75) is 131 Å². The zero-order valence-corrected chi connectivity index (χ0v) is 29.7. The molecule has 1 aromatic rings. The fourth-order valence-corrected chi connectivity index (χ4v) is 7.28. The highest BCUT2D eigenvalue weighted by molar-refractivity contribution is 6.74. The van der Waals surface area contributed by atoms with Crippen LogP contribution in [0, 0.1) is 12.3 Å². The molecule has 0 aromatic heterocycles. The minimum Gasteiger partial charge on any atom is -0.541 e. The molecule has 1 aliphatic carbocycles. The van der Waals surface area contributed by atoms with Crippen molar-refractivity contribution in [3.63, 3.8) is 0 Å². The topological polar surface area (TPSA) is 89.5 Å². The second-order valence-corrected chi connectivity index (χ2v) is 19.8. The Morgan fingerprint density at radius 2 is 1.63 bits per heavy atom. The summed E-state index contributed by atoms with van der Waals surface area (Å²) in [6.45, 7) is 25.1. The van der Waals surface area contributed by atoms with E-state index in [0.29, 0.717) is 38.2 Å². The fraction of sp³-hybridized carbons (Fsp3) is 0.706. The minimum atomic E-state index is -2.19. The largest absolute Gasteiger partial charge is 0.541 e. The molecule has 1 spiro atoms. The summed E-state index contributed by atoms with van der Waals surface area (Å²) in [4.78, 5) is 25.9. The van der Waals surface area contributed by atoms with Crippen LogP contribution in [0.1, 0.15) is 92.7 Å². The van der Waals surface area contributed by atoms with Crippen LogP contribution in [0.4, 0.5) is 0 Å². The molecule has 0 unspecified atom stereocenters. The molecule has 9 heteroatoms. The SMILES string of the molecule is COc1c(C[C@H](OC(C)=O)C2=C(C)CC3(C[C@@]2(C)CC(=O)OC(C)(C)C)OCCO3)ccc(C)c1O[Si](C)(C)C(C)(C)C. The molecule has 2 atom stereocenters. The van der Waals surface area contributed by atoms with Crippen LogP contribution in [-0.2, 0) is 35.0 Å². The van der Waals surface area contributed by atoms with Crippen molar-refractivity contribution in [2.24, 2.45) is 5.41 Å². The number of aryl methyl sites for hydroxylation is 1. The third-order valence-corrected chi connectivity index (χ3v) is 13.2. The summed E-state index contributed by atoms with van der Waals surface area (Å²) in [5.41, 5.74) is 2.33. The highest BCUT2D eigenvalue weighted by atomic mass is 28.4. The third kappa shape index (κ3) is 8.22. The zero-order chi connectivity index (χ0) is 32.6. The Bertz CT molecular complexity index is 1230. The van der Waals surface area contributed by atoms with Gasteiger partial charge in [-0.25, -0.2) is 0 Å². The molecule has 0 bridgehead atoms. The Kier molecular flexibility index (Phi) is 10.3. The Morgan fingerprint density at radius 3 is 2.14 bits per heavy atom. The standard InChI is InChI=1S/C34H54O8Si/c1-22-14-15-25(30(37-11)29(22)42-43(12,13)32(7,8)9)18-26(40-24(3)35)28-23(2)19-34(38-16-17-39-34)21-33(28,10)20-27(36)41-31(4,5)6/h14-15,26H,16-21H2,1-13H3/t26-,33+/m0/s1. The minimum absolute atomic E-state index is 0.00539. The smallest absolute Gasteiger partial charge is 0.307 e. The van der Waals surface area contributed by atoms with Gasteiger partial charge in [0.1, 0.15) is 17.5 Å². The molecule has 43 heavy (non-hydrogen) atoms. The molecule has 3 rings (SSSR count). The van der Waals surface area contributed by atoms with Crippen molar-refractivity contribution in [1.82, 2.24) is 0 Å². The summed E-state index contributed by atoms with van der Waals surface area (Å²) in [6.07, 6.45) is 0.750. The van der Waals surface area contributed by atoms with E-state index in [9.17, 15) is 9.59 Å². The summed E-state index contributed by atoms with van der Waals surface area (Å²) in [5.74, 6) is -0.177. The Hall–Kier alpha value is -2.36. The van der Waals surface area contributed by atoms with Crippen LogP contribution < -0.4 is 9.16 Å². The third-order valence-electron chi connectivity index (χ3n) is 8.87. The van der Waals surface area contributed by atoms with Gasteiger partial charge in [0.15, 0.2) is 11.5 Å². The van der Waals surface area contributed by atoms with Gasteiger partial charge in [0, 0.05) is 37.2 Å². The van der Waals surface area contributed by atoms with Crippen molar-refractivity contribution in [3.8, 4) is 11.5 Å². The summed E-state index contributed by atoms with van der Waals surface area (Å²) in [7, 11) is -0.544. The van der Waals surface area contributed by atoms with E-state index in [-0.39, 0.29) is 17.4 Å². The number of carbonyl (C=O) groups excluding carboxylic acids is 2. The number of rotatable bonds is 9. The van der Waals surface area contributed by atoms with Gasteiger partial charge in [0.05, 0.1) is 26.7 Å². The zero-order valence-electron chi connectivity index (χ0n) is 28.7. The quantitative estimate of drug-likeness (QED) is 0.160.